The first-order valence-electron chi connectivity index (χ1n) is 5.67. The van der Waals surface area contributed by atoms with Crippen LogP contribution in [0, 0.1) is 0 Å². The first kappa shape index (κ1) is 14.6. The SMILES string of the molecule is O=C(CCSSc1ccncc1)On1c(O)ccc1O. The summed E-state index contributed by atoms with van der Waals surface area (Å²) in [6.07, 6.45) is 3.57. The molecule has 2 N–H and O–H groups in total. The number of pyridine rings is 1. The van der Waals surface area contributed by atoms with Gasteiger partial charge in [0, 0.05) is 35.2 Å². The first-order chi connectivity index (χ1) is 9.66. The Morgan fingerprint density at radius 2 is 1.85 bits per heavy atom. The molecule has 0 atom stereocenters. The molecule has 0 saturated carbocycles. The van der Waals surface area contributed by atoms with Crippen molar-refractivity contribution in [1.29, 1.82) is 0 Å². The lowest BCUT2D eigenvalue weighted by molar-refractivity contribution is -0.144. The summed E-state index contributed by atoms with van der Waals surface area (Å²) in [4.78, 5) is 21.3. The molecule has 2 aromatic heterocycles. The van der Waals surface area contributed by atoms with Gasteiger partial charge in [-0.15, -0.1) is 4.73 Å². The lowest BCUT2D eigenvalue weighted by Crippen LogP contribution is -2.19. The number of aromatic nitrogens is 2. The zero-order valence-corrected chi connectivity index (χ0v) is 11.9. The fourth-order valence-corrected chi connectivity index (χ4v) is 3.22. The van der Waals surface area contributed by atoms with Gasteiger partial charge in [0.2, 0.25) is 11.8 Å². The van der Waals surface area contributed by atoms with Gasteiger partial charge in [-0.25, -0.2) is 4.79 Å². The van der Waals surface area contributed by atoms with Gasteiger partial charge < -0.3 is 15.1 Å². The predicted molar refractivity (Wildman–Crippen MR) is 76.5 cm³/mol. The maximum atomic E-state index is 11.5. The summed E-state index contributed by atoms with van der Waals surface area (Å²) >= 11 is 0. The second-order valence-electron chi connectivity index (χ2n) is 3.65. The zero-order valence-electron chi connectivity index (χ0n) is 10.3. The van der Waals surface area contributed by atoms with Crippen LogP contribution in [-0.2, 0) is 4.79 Å². The van der Waals surface area contributed by atoms with E-state index in [0.29, 0.717) is 10.5 Å². The molecule has 0 aliphatic carbocycles. The van der Waals surface area contributed by atoms with Crippen LogP contribution in [0.3, 0.4) is 0 Å². The number of hydrogen-bond acceptors (Lipinski definition) is 7. The molecule has 6 nitrogen and oxygen atoms in total. The van der Waals surface area contributed by atoms with Crippen molar-refractivity contribution in [3.8, 4) is 11.8 Å². The Labute approximate surface area is 123 Å². The van der Waals surface area contributed by atoms with Crippen molar-refractivity contribution < 1.29 is 19.8 Å². The molecule has 0 spiro atoms. The highest BCUT2D eigenvalue weighted by molar-refractivity contribution is 8.76. The van der Waals surface area contributed by atoms with E-state index in [1.807, 2.05) is 12.1 Å². The molecule has 0 saturated heterocycles. The van der Waals surface area contributed by atoms with Crippen molar-refractivity contribution >= 4 is 27.6 Å². The smallest absolute Gasteiger partial charge is 0.334 e. The number of nitrogens with zero attached hydrogens (tertiary/aromatic N) is 2. The van der Waals surface area contributed by atoms with Gasteiger partial charge in [-0.2, -0.15) is 0 Å². The summed E-state index contributed by atoms with van der Waals surface area (Å²) in [5.74, 6) is -0.631. The van der Waals surface area contributed by atoms with Gasteiger partial charge in [-0.1, -0.05) is 21.6 Å². The van der Waals surface area contributed by atoms with E-state index in [0.717, 1.165) is 4.90 Å². The molecule has 0 aromatic carbocycles. The molecule has 0 unspecified atom stereocenters. The highest BCUT2D eigenvalue weighted by atomic mass is 33.1. The molecule has 8 heteroatoms. The second-order valence-corrected chi connectivity index (χ2v) is 6.13. The summed E-state index contributed by atoms with van der Waals surface area (Å²) in [7, 11) is 3.05. The highest BCUT2D eigenvalue weighted by Gasteiger charge is 2.11. The molecule has 2 rings (SSSR count). The Bertz CT molecular complexity index is 555. The van der Waals surface area contributed by atoms with Crippen LogP contribution in [0.15, 0.2) is 41.6 Å². The summed E-state index contributed by atoms with van der Waals surface area (Å²) < 4.78 is 0.684. The van der Waals surface area contributed by atoms with Gasteiger partial charge in [0.25, 0.3) is 0 Å². The van der Waals surface area contributed by atoms with Crippen molar-refractivity contribution in [1.82, 2.24) is 9.71 Å². The third-order valence-corrected chi connectivity index (χ3v) is 4.57. The molecule has 0 aliphatic rings. The van der Waals surface area contributed by atoms with Crippen LogP contribution in [0.5, 0.6) is 11.8 Å². The van der Waals surface area contributed by atoms with Crippen LogP contribution in [0.4, 0.5) is 0 Å². The number of carbonyl (C=O) groups is 1. The summed E-state index contributed by atoms with van der Waals surface area (Å²) in [6.45, 7) is 0. The molecule has 2 heterocycles. The fraction of sp³-hybridized carbons (Fsp3) is 0.167. The van der Waals surface area contributed by atoms with Gasteiger partial charge in [0.05, 0.1) is 6.42 Å². The van der Waals surface area contributed by atoms with E-state index >= 15 is 0 Å². The minimum atomic E-state index is -0.533. The minimum absolute atomic E-state index is 0.166. The Balaban J connectivity index is 1.71. The van der Waals surface area contributed by atoms with Crippen LogP contribution >= 0.6 is 21.6 Å². The minimum Gasteiger partial charge on any atom is -0.492 e. The normalized spacial score (nSPS) is 10.4. The van der Waals surface area contributed by atoms with E-state index in [2.05, 4.69) is 4.98 Å². The van der Waals surface area contributed by atoms with Gasteiger partial charge >= 0.3 is 5.97 Å². The maximum absolute atomic E-state index is 11.5. The van der Waals surface area contributed by atoms with E-state index in [1.165, 1.54) is 33.7 Å². The average Bonchev–Trinajstić information content (AvgIpc) is 2.77. The second kappa shape index (κ2) is 7.11. The number of carbonyl (C=O) groups excluding carboxylic acids is 1. The van der Waals surface area contributed by atoms with Crippen molar-refractivity contribution in [3.05, 3.63) is 36.7 Å². The topological polar surface area (TPSA) is 84.6 Å². The molecule has 20 heavy (non-hydrogen) atoms. The molecular weight excluding hydrogens is 300 g/mol. The van der Waals surface area contributed by atoms with Crippen LogP contribution in [-0.4, -0.2) is 31.6 Å². The Hall–Kier alpha value is -1.80. The van der Waals surface area contributed by atoms with Gasteiger partial charge in [-0.05, 0) is 12.1 Å². The fourth-order valence-electron chi connectivity index (χ4n) is 1.27. The summed E-state index contributed by atoms with van der Waals surface area (Å²) in [6, 6.07) is 6.23. The quantitative estimate of drug-likeness (QED) is 0.624. The van der Waals surface area contributed by atoms with Crippen molar-refractivity contribution in [2.45, 2.75) is 11.3 Å². The van der Waals surface area contributed by atoms with Crippen LogP contribution in [0.1, 0.15) is 6.42 Å². The van der Waals surface area contributed by atoms with E-state index in [4.69, 9.17) is 4.84 Å². The number of hydrogen-bond donors (Lipinski definition) is 2. The van der Waals surface area contributed by atoms with Crippen molar-refractivity contribution in [3.63, 3.8) is 0 Å². The third kappa shape index (κ3) is 4.10. The molecule has 0 fully saturated rings. The molecular formula is C12H12N2O4S2. The molecule has 0 aliphatic heterocycles. The van der Waals surface area contributed by atoms with Crippen LogP contribution in [0.25, 0.3) is 0 Å². The molecule has 106 valence electrons. The lowest BCUT2D eigenvalue weighted by Gasteiger charge is -2.06. The van der Waals surface area contributed by atoms with Gasteiger partial charge in [0.15, 0.2) is 0 Å². The molecule has 0 radical (unpaired) electrons. The van der Waals surface area contributed by atoms with E-state index in [9.17, 15) is 15.0 Å². The van der Waals surface area contributed by atoms with Crippen molar-refractivity contribution in [2.24, 2.45) is 0 Å². The zero-order chi connectivity index (χ0) is 14.4. The van der Waals surface area contributed by atoms with E-state index < -0.39 is 5.97 Å². The van der Waals surface area contributed by atoms with E-state index in [1.54, 1.807) is 12.4 Å². The number of aromatic hydroxyl groups is 2. The first-order valence-corrected chi connectivity index (χ1v) is 7.99. The third-order valence-electron chi connectivity index (χ3n) is 2.19. The lowest BCUT2D eigenvalue weighted by atomic mass is 10.5. The van der Waals surface area contributed by atoms with Gasteiger partial charge in [-0.3, -0.25) is 4.98 Å². The van der Waals surface area contributed by atoms with E-state index in [-0.39, 0.29) is 18.2 Å². The van der Waals surface area contributed by atoms with Crippen LogP contribution < -0.4 is 4.84 Å². The predicted octanol–water partition coefficient (Wildman–Crippen LogP) is 2.08. The summed E-state index contributed by atoms with van der Waals surface area (Å²) in [5.41, 5.74) is 0. The summed E-state index contributed by atoms with van der Waals surface area (Å²) in [5, 5.41) is 18.6. The molecule has 2 aromatic rings. The maximum Gasteiger partial charge on any atom is 0.334 e. The Morgan fingerprint density at radius 3 is 2.50 bits per heavy atom. The largest absolute Gasteiger partial charge is 0.492 e. The average molecular weight is 312 g/mol. The van der Waals surface area contributed by atoms with Crippen molar-refractivity contribution in [2.75, 3.05) is 5.75 Å². The van der Waals surface area contributed by atoms with Crippen LogP contribution in [0.2, 0.25) is 0 Å². The van der Waals surface area contributed by atoms with Gasteiger partial charge in [0.1, 0.15) is 0 Å². The Kier molecular flexibility index (Phi) is 5.19. The highest BCUT2D eigenvalue weighted by Crippen LogP contribution is 2.30. The number of rotatable bonds is 6. The monoisotopic (exact) mass is 312 g/mol. The Morgan fingerprint density at radius 1 is 1.20 bits per heavy atom. The standard InChI is InChI=1S/C12H12N2O4S2/c15-10-1-2-11(16)14(10)18-12(17)5-8-19-20-9-3-6-13-7-4-9/h1-4,6-7,15-16H,5,8H2. The molecule has 0 bridgehead atoms. The molecule has 0 amide bonds.